The Hall–Kier alpha value is -2.50. The van der Waals surface area contributed by atoms with Crippen molar-refractivity contribution in [2.24, 2.45) is 0 Å². The molecule has 1 saturated carbocycles. The van der Waals surface area contributed by atoms with Gasteiger partial charge in [0, 0.05) is 17.8 Å². The van der Waals surface area contributed by atoms with E-state index in [4.69, 9.17) is 4.74 Å². The summed E-state index contributed by atoms with van der Waals surface area (Å²) in [6.45, 7) is 0.360. The topological polar surface area (TPSA) is 77.0 Å². The minimum atomic E-state index is -0.230. The van der Waals surface area contributed by atoms with Crippen molar-refractivity contribution in [3.63, 3.8) is 0 Å². The molecule has 21 heavy (non-hydrogen) atoms. The van der Waals surface area contributed by atoms with Crippen LogP contribution in [0.2, 0.25) is 0 Å². The van der Waals surface area contributed by atoms with Gasteiger partial charge in [-0.1, -0.05) is 0 Å². The molecule has 1 fully saturated rings. The lowest BCUT2D eigenvalue weighted by atomic mass is 10.2. The Kier molecular flexibility index (Phi) is 3.77. The van der Waals surface area contributed by atoms with E-state index in [1.165, 1.54) is 20.0 Å². The molecule has 3 rings (SSSR count). The highest BCUT2D eigenvalue weighted by Crippen LogP contribution is 2.38. The Morgan fingerprint density at radius 3 is 3.00 bits per heavy atom. The molecule has 0 saturated heterocycles. The third-order valence-electron chi connectivity index (χ3n) is 3.38. The van der Waals surface area contributed by atoms with Crippen LogP contribution in [0.15, 0.2) is 30.7 Å². The lowest BCUT2D eigenvalue weighted by molar-refractivity contribution is 0.0946. The largest absolute Gasteiger partial charge is 0.480 e. The monoisotopic (exact) mass is 284 g/mol. The van der Waals surface area contributed by atoms with Gasteiger partial charge in [0.1, 0.15) is 11.9 Å². The first-order valence-electron chi connectivity index (χ1n) is 6.86. The molecule has 1 amide bonds. The first kappa shape index (κ1) is 13.5. The zero-order chi connectivity index (χ0) is 14.7. The normalized spacial score (nSPS) is 13.8. The van der Waals surface area contributed by atoms with Gasteiger partial charge in [0.2, 0.25) is 5.88 Å². The van der Waals surface area contributed by atoms with E-state index in [1.807, 2.05) is 6.07 Å². The van der Waals surface area contributed by atoms with Crippen LogP contribution in [-0.4, -0.2) is 28.0 Å². The average Bonchev–Trinajstić information content (AvgIpc) is 3.38. The number of hydrogen-bond donors (Lipinski definition) is 1. The number of aromatic nitrogens is 3. The number of carbonyl (C=O) groups is 1. The van der Waals surface area contributed by atoms with Crippen molar-refractivity contribution in [2.45, 2.75) is 25.3 Å². The maximum atomic E-state index is 12.2. The van der Waals surface area contributed by atoms with Gasteiger partial charge in [-0.25, -0.2) is 15.0 Å². The summed E-state index contributed by atoms with van der Waals surface area (Å²) in [5, 5.41) is 2.83. The van der Waals surface area contributed by atoms with Crippen molar-refractivity contribution in [1.82, 2.24) is 20.3 Å². The van der Waals surface area contributed by atoms with Crippen LogP contribution in [0.5, 0.6) is 5.88 Å². The second kappa shape index (κ2) is 5.87. The number of pyridine rings is 1. The zero-order valence-corrected chi connectivity index (χ0v) is 11.7. The first-order valence-corrected chi connectivity index (χ1v) is 6.86. The fourth-order valence-electron chi connectivity index (χ4n) is 2.11. The second-order valence-corrected chi connectivity index (χ2v) is 4.95. The fraction of sp³-hybridized carbons (Fsp3) is 0.333. The summed E-state index contributed by atoms with van der Waals surface area (Å²) < 4.78 is 5.08. The van der Waals surface area contributed by atoms with Crippen LogP contribution < -0.4 is 10.1 Å². The number of hydrogen-bond acceptors (Lipinski definition) is 5. The minimum absolute atomic E-state index is 0.230. The van der Waals surface area contributed by atoms with Gasteiger partial charge in [-0.15, -0.1) is 0 Å². The van der Waals surface area contributed by atoms with Gasteiger partial charge in [0.15, 0.2) is 0 Å². The molecule has 1 aliphatic carbocycles. The molecule has 108 valence electrons. The Balaban J connectivity index is 1.66. The van der Waals surface area contributed by atoms with Gasteiger partial charge in [-0.3, -0.25) is 4.79 Å². The first-order chi connectivity index (χ1) is 10.3. The van der Waals surface area contributed by atoms with Crippen LogP contribution >= 0.6 is 0 Å². The molecule has 1 aliphatic rings. The highest BCUT2D eigenvalue weighted by atomic mass is 16.5. The molecule has 0 spiro atoms. The summed E-state index contributed by atoms with van der Waals surface area (Å²) in [6.07, 6.45) is 5.52. The summed E-state index contributed by atoms with van der Waals surface area (Å²) in [5.74, 6) is 0.656. The van der Waals surface area contributed by atoms with Crippen LogP contribution in [0.3, 0.4) is 0 Å². The van der Waals surface area contributed by atoms with Crippen LogP contribution in [-0.2, 0) is 6.54 Å². The van der Waals surface area contributed by atoms with E-state index < -0.39 is 0 Å². The van der Waals surface area contributed by atoms with Crippen LogP contribution in [0.4, 0.5) is 0 Å². The van der Waals surface area contributed by atoms with Crippen molar-refractivity contribution in [3.05, 3.63) is 47.7 Å². The Bertz CT molecular complexity index is 656. The number of ether oxygens (including phenoxy) is 1. The molecule has 2 heterocycles. The predicted octanol–water partition coefficient (Wildman–Crippen LogP) is 1.69. The van der Waals surface area contributed by atoms with Gasteiger partial charge in [-0.2, -0.15) is 0 Å². The Morgan fingerprint density at radius 2 is 2.24 bits per heavy atom. The Morgan fingerprint density at radius 1 is 1.38 bits per heavy atom. The summed E-state index contributed by atoms with van der Waals surface area (Å²) in [7, 11) is 1.49. The Labute approximate surface area is 122 Å². The molecule has 6 nitrogen and oxygen atoms in total. The summed E-state index contributed by atoms with van der Waals surface area (Å²) in [5.41, 5.74) is 2.28. The molecule has 6 heteroatoms. The lowest BCUT2D eigenvalue weighted by Gasteiger charge is -2.08. The van der Waals surface area contributed by atoms with E-state index in [2.05, 4.69) is 20.3 Å². The molecule has 0 bridgehead atoms. The molecule has 2 aromatic rings. The number of nitrogens with one attached hydrogen (secondary N) is 1. The van der Waals surface area contributed by atoms with Gasteiger partial charge in [-0.05, 0) is 31.0 Å². The summed E-state index contributed by atoms with van der Waals surface area (Å²) >= 11 is 0. The molecule has 0 aromatic carbocycles. The molecule has 2 aromatic heterocycles. The number of rotatable bonds is 5. The highest BCUT2D eigenvalue weighted by molar-refractivity contribution is 5.96. The van der Waals surface area contributed by atoms with Crippen LogP contribution in [0.25, 0.3) is 0 Å². The molecular formula is C15H16N4O2. The molecule has 1 N–H and O–H groups in total. The van der Waals surface area contributed by atoms with E-state index >= 15 is 0 Å². The summed E-state index contributed by atoms with van der Waals surface area (Å²) in [4.78, 5) is 24.6. The molecule has 0 unspecified atom stereocenters. The van der Waals surface area contributed by atoms with Crippen molar-refractivity contribution in [2.75, 3.05) is 7.11 Å². The van der Waals surface area contributed by atoms with Crippen molar-refractivity contribution >= 4 is 5.91 Å². The van der Waals surface area contributed by atoms with Crippen molar-refractivity contribution < 1.29 is 9.53 Å². The van der Waals surface area contributed by atoms with Crippen molar-refractivity contribution in [3.8, 4) is 5.88 Å². The van der Waals surface area contributed by atoms with E-state index in [1.54, 1.807) is 24.7 Å². The van der Waals surface area contributed by atoms with Crippen molar-refractivity contribution in [1.29, 1.82) is 0 Å². The smallest absolute Gasteiger partial charge is 0.257 e. The van der Waals surface area contributed by atoms with Crippen LogP contribution in [0.1, 0.15) is 40.5 Å². The van der Waals surface area contributed by atoms with E-state index in [0.29, 0.717) is 23.9 Å². The van der Waals surface area contributed by atoms with Gasteiger partial charge < -0.3 is 10.1 Å². The van der Waals surface area contributed by atoms with Gasteiger partial charge in [0.25, 0.3) is 5.91 Å². The maximum absolute atomic E-state index is 12.2. The third-order valence-corrected chi connectivity index (χ3v) is 3.38. The van der Waals surface area contributed by atoms with Gasteiger partial charge in [0.05, 0.1) is 19.3 Å². The number of carbonyl (C=O) groups excluding carboxylic acids is 1. The number of methoxy groups -OCH3 is 1. The van der Waals surface area contributed by atoms with E-state index in [-0.39, 0.29) is 5.91 Å². The average molecular weight is 284 g/mol. The number of nitrogens with zero attached hydrogens (tertiary/aromatic N) is 3. The number of amides is 1. The molecular weight excluding hydrogens is 268 g/mol. The van der Waals surface area contributed by atoms with E-state index in [0.717, 1.165) is 11.4 Å². The zero-order valence-electron chi connectivity index (χ0n) is 11.7. The highest BCUT2D eigenvalue weighted by Gasteiger charge is 2.25. The fourth-order valence-corrected chi connectivity index (χ4v) is 2.11. The quantitative estimate of drug-likeness (QED) is 0.904. The lowest BCUT2D eigenvalue weighted by Crippen LogP contribution is -2.24. The maximum Gasteiger partial charge on any atom is 0.257 e. The molecule has 0 aliphatic heterocycles. The molecule has 0 radical (unpaired) electrons. The minimum Gasteiger partial charge on any atom is -0.480 e. The van der Waals surface area contributed by atoms with Gasteiger partial charge >= 0.3 is 0 Å². The third kappa shape index (κ3) is 3.16. The summed E-state index contributed by atoms with van der Waals surface area (Å²) in [6, 6.07) is 5.34. The second-order valence-electron chi connectivity index (χ2n) is 4.95. The van der Waals surface area contributed by atoms with E-state index in [9.17, 15) is 4.79 Å². The predicted molar refractivity (Wildman–Crippen MR) is 76.0 cm³/mol. The SMILES string of the molecule is COc1ncccc1C(=O)NCc1cc(C2CC2)ncn1. The standard InChI is InChI=1S/C15H16N4O2/c1-21-15-12(3-2-6-16-15)14(20)17-8-11-7-13(10-4-5-10)19-9-18-11/h2-3,6-7,9-10H,4-5,8H2,1H3,(H,17,20). The molecule has 0 atom stereocenters. The van der Waals surface area contributed by atoms with Crippen LogP contribution in [0, 0.1) is 0 Å².